The molecule has 0 bridgehead atoms. The van der Waals surface area contributed by atoms with E-state index in [0.29, 0.717) is 22.6 Å². The maximum Gasteiger partial charge on any atom is 0.411 e. The van der Waals surface area contributed by atoms with Gasteiger partial charge in [-0.3, -0.25) is 9.59 Å². The Balaban J connectivity index is 1.96. The first-order valence-corrected chi connectivity index (χ1v) is 9.75. The smallest absolute Gasteiger partial charge is 0.411 e. The van der Waals surface area contributed by atoms with E-state index in [9.17, 15) is 22.8 Å². The highest BCUT2D eigenvalue weighted by Crippen LogP contribution is 2.20. The molecule has 0 radical (unpaired) electrons. The first-order chi connectivity index (χ1) is 14.9. The number of halogens is 3. The van der Waals surface area contributed by atoms with Gasteiger partial charge in [0.25, 0.3) is 5.91 Å². The Morgan fingerprint density at radius 2 is 1.88 bits per heavy atom. The SMILES string of the molecule is CC(=O)Nc1cc(C(C)NC(=O)c2cnc(OCCOCC(F)(F)F)c(C)c2)cc(C)n1. The van der Waals surface area contributed by atoms with Gasteiger partial charge in [0.05, 0.1) is 18.2 Å². The molecule has 0 saturated heterocycles. The normalized spacial score (nSPS) is 12.2. The van der Waals surface area contributed by atoms with Gasteiger partial charge in [-0.25, -0.2) is 9.97 Å². The fourth-order valence-electron chi connectivity index (χ4n) is 2.78. The van der Waals surface area contributed by atoms with Crippen LogP contribution in [-0.2, 0) is 9.53 Å². The number of aryl methyl sites for hydroxylation is 2. The van der Waals surface area contributed by atoms with Crippen LogP contribution in [-0.4, -0.2) is 47.8 Å². The Kier molecular flexibility index (Phi) is 8.53. The predicted molar refractivity (Wildman–Crippen MR) is 111 cm³/mol. The third-order valence-electron chi connectivity index (χ3n) is 4.15. The van der Waals surface area contributed by atoms with Gasteiger partial charge in [0.2, 0.25) is 11.8 Å². The minimum Gasteiger partial charge on any atom is -0.475 e. The summed E-state index contributed by atoms with van der Waals surface area (Å²) >= 11 is 0. The minimum atomic E-state index is -4.39. The summed E-state index contributed by atoms with van der Waals surface area (Å²) in [7, 11) is 0. The summed E-state index contributed by atoms with van der Waals surface area (Å²) < 4.78 is 45.9. The highest BCUT2D eigenvalue weighted by molar-refractivity contribution is 5.94. The summed E-state index contributed by atoms with van der Waals surface area (Å²) in [6.07, 6.45) is -3.07. The van der Waals surface area contributed by atoms with Crippen LogP contribution in [0.15, 0.2) is 24.4 Å². The topological polar surface area (TPSA) is 102 Å². The van der Waals surface area contributed by atoms with E-state index in [-0.39, 0.29) is 36.9 Å². The van der Waals surface area contributed by atoms with Gasteiger partial charge in [-0.1, -0.05) is 0 Å². The first kappa shape index (κ1) is 25.1. The predicted octanol–water partition coefficient (Wildman–Crippen LogP) is 3.50. The molecule has 0 aliphatic rings. The molecule has 2 aromatic rings. The molecule has 0 aromatic carbocycles. The molecule has 0 aliphatic carbocycles. The Morgan fingerprint density at radius 3 is 2.50 bits per heavy atom. The molecule has 0 aliphatic heterocycles. The Bertz CT molecular complexity index is 967. The molecule has 0 spiro atoms. The number of carbonyl (C=O) groups is 2. The zero-order valence-corrected chi connectivity index (χ0v) is 18.2. The molecular weight excluding hydrogens is 429 g/mol. The molecule has 2 heterocycles. The molecular formula is C21H25F3N4O4. The van der Waals surface area contributed by atoms with Crippen molar-refractivity contribution in [1.82, 2.24) is 15.3 Å². The van der Waals surface area contributed by atoms with Crippen molar-refractivity contribution < 1.29 is 32.2 Å². The lowest BCUT2D eigenvalue weighted by Crippen LogP contribution is -2.27. The van der Waals surface area contributed by atoms with Gasteiger partial charge < -0.3 is 20.1 Å². The number of anilines is 1. The summed E-state index contributed by atoms with van der Waals surface area (Å²) in [6, 6.07) is 4.68. The third-order valence-corrected chi connectivity index (χ3v) is 4.15. The maximum atomic E-state index is 12.6. The number of pyridine rings is 2. The highest BCUT2D eigenvalue weighted by Gasteiger charge is 2.27. The molecule has 8 nitrogen and oxygen atoms in total. The molecule has 2 amide bonds. The van der Waals surface area contributed by atoms with Gasteiger partial charge in [0, 0.05) is 24.4 Å². The van der Waals surface area contributed by atoms with Crippen LogP contribution >= 0.6 is 0 Å². The van der Waals surface area contributed by atoms with Gasteiger partial charge in [-0.05, 0) is 44.5 Å². The van der Waals surface area contributed by atoms with Gasteiger partial charge in [0.15, 0.2) is 0 Å². The number of nitrogens with one attached hydrogen (secondary N) is 2. The second-order valence-electron chi connectivity index (χ2n) is 7.17. The van der Waals surface area contributed by atoms with Crippen LogP contribution in [0, 0.1) is 13.8 Å². The summed E-state index contributed by atoms with van der Waals surface area (Å²) in [5, 5.41) is 5.47. The van der Waals surface area contributed by atoms with E-state index in [0.717, 1.165) is 5.56 Å². The highest BCUT2D eigenvalue weighted by atomic mass is 19.4. The average Bonchev–Trinajstić information content (AvgIpc) is 2.66. The van der Waals surface area contributed by atoms with Crippen LogP contribution in [0.1, 0.15) is 47.1 Å². The van der Waals surface area contributed by atoms with Gasteiger partial charge in [0.1, 0.15) is 19.0 Å². The Labute approximate surface area is 183 Å². The molecule has 11 heteroatoms. The number of alkyl halides is 3. The third kappa shape index (κ3) is 8.14. The first-order valence-electron chi connectivity index (χ1n) is 9.75. The largest absolute Gasteiger partial charge is 0.475 e. The summed E-state index contributed by atoms with van der Waals surface area (Å²) in [4.78, 5) is 32.2. The van der Waals surface area contributed by atoms with Crippen LogP contribution in [0.25, 0.3) is 0 Å². The van der Waals surface area contributed by atoms with Crippen LogP contribution in [0.2, 0.25) is 0 Å². The van der Waals surface area contributed by atoms with Crippen molar-refractivity contribution in [3.05, 3.63) is 46.8 Å². The average molecular weight is 454 g/mol. The van der Waals surface area contributed by atoms with Crippen LogP contribution in [0.3, 0.4) is 0 Å². The number of nitrogens with zero attached hydrogens (tertiary/aromatic N) is 2. The fourth-order valence-corrected chi connectivity index (χ4v) is 2.78. The minimum absolute atomic E-state index is 0.107. The maximum absolute atomic E-state index is 12.6. The number of hydrogen-bond acceptors (Lipinski definition) is 6. The number of amides is 2. The lowest BCUT2D eigenvalue weighted by atomic mass is 10.1. The van der Waals surface area contributed by atoms with Crippen molar-refractivity contribution in [2.45, 2.75) is 39.9 Å². The second kappa shape index (κ2) is 10.9. The molecule has 0 saturated carbocycles. The summed E-state index contributed by atoms with van der Waals surface area (Å²) in [5.41, 5.74) is 2.29. The number of aromatic nitrogens is 2. The Morgan fingerprint density at radius 1 is 1.16 bits per heavy atom. The quantitative estimate of drug-likeness (QED) is 0.563. The van der Waals surface area contributed by atoms with Crippen molar-refractivity contribution in [1.29, 1.82) is 0 Å². The van der Waals surface area contributed by atoms with Crippen LogP contribution in [0.5, 0.6) is 5.88 Å². The fraction of sp³-hybridized carbons (Fsp3) is 0.429. The molecule has 1 atom stereocenters. The van der Waals surface area contributed by atoms with Crippen molar-refractivity contribution in [3.63, 3.8) is 0 Å². The number of rotatable bonds is 9. The van der Waals surface area contributed by atoms with Crippen molar-refractivity contribution >= 4 is 17.6 Å². The van der Waals surface area contributed by atoms with E-state index in [4.69, 9.17) is 4.74 Å². The van der Waals surface area contributed by atoms with E-state index < -0.39 is 12.8 Å². The Hall–Kier alpha value is -3.21. The van der Waals surface area contributed by atoms with Crippen molar-refractivity contribution in [3.8, 4) is 5.88 Å². The van der Waals surface area contributed by atoms with Crippen molar-refractivity contribution in [2.75, 3.05) is 25.1 Å². The van der Waals surface area contributed by atoms with E-state index in [1.807, 2.05) is 0 Å². The molecule has 1 unspecified atom stereocenters. The molecule has 2 aromatic heterocycles. The zero-order valence-electron chi connectivity index (χ0n) is 18.2. The molecule has 2 rings (SSSR count). The van der Waals surface area contributed by atoms with Gasteiger partial charge in [-0.2, -0.15) is 13.2 Å². The monoisotopic (exact) mass is 454 g/mol. The zero-order chi connectivity index (χ0) is 23.9. The molecule has 174 valence electrons. The van der Waals surface area contributed by atoms with E-state index in [2.05, 4.69) is 25.3 Å². The number of hydrogen-bond donors (Lipinski definition) is 2. The lowest BCUT2D eigenvalue weighted by Gasteiger charge is -2.16. The standard InChI is InChI=1S/C21H25F3N4O4/c1-12-7-17(10-25-20(12)32-6-5-31-11-21(22,23)24)19(30)27-14(3)16-8-13(2)26-18(9-16)28-15(4)29/h7-10,14H,5-6,11H2,1-4H3,(H,27,30)(H,26,28,29). The van der Waals surface area contributed by atoms with Crippen molar-refractivity contribution in [2.24, 2.45) is 0 Å². The van der Waals surface area contributed by atoms with Crippen LogP contribution < -0.4 is 15.4 Å². The molecule has 32 heavy (non-hydrogen) atoms. The van der Waals surface area contributed by atoms with E-state index in [1.165, 1.54) is 13.1 Å². The number of ether oxygens (including phenoxy) is 2. The second-order valence-corrected chi connectivity index (χ2v) is 7.17. The number of carbonyl (C=O) groups excluding carboxylic acids is 2. The van der Waals surface area contributed by atoms with Gasteiger partial charge >= 0.3 is 6.18 Å². The van der Waals surface area contributed by atoms with Gasteiger partial charge in [-0.15, -0.1) is 0 Å². The summed E-state index contributed by atoms with van der Waals surface area (Å²) in [5.74, 6) is -0.0213. The van der Waals surface area contributed by atoms with Crippen LogP contribution in [0.4, 0.5) is 19.0 Å². The lowest BCUT2D eigenvalue weighted by molar-refractivity contribution is -0.175. The molecule has 0 fully saturated rings. The van der Waals surface area contributed by atoms with E-state index >= 15 is 0 Å². The van der Waals surface area contributed by atoms with E-state index in [1.54, 1.807) is 39.0 Å². The molecule has 2 N–H and O–H groups in total. The summed E-state index contributed by atoms with van der Waals surface area (Å²) in [6.45, 7) is 4.94.